The largest absolute Gasteiger partial charge is 0.322 e. The van der Waals surface area contributed by atoms with Crippen LogP contribution in [-0.2, 0) is 16.8 Å². The maximum absolute atomic E-state index is 11.6. The molecule has 1 atom stereocenters. The lowest BCUT2D eigenvalue weighted by Crippen LogP contribution is -2.31. The Morgan fingerprint density at radius 1 is 1.50 bits per heavy atom. The summed E-state index contributed by atoms with van der Waals surface area (Å²) in [4.78, 5) is 13.3. The molecule has 1 amide bonds. The van der Waals surface area contributed by atoms with Crippen molar-refractivity contribution in [1.29, 1.82) is 0 Å². The summed E-state index contributed by atoms with van der Waals surface area (Å²) in [7, 11) is 1.81. The number of fused-ring (bicyclic) bond motifs is 1. The summed E-state index contributed by atoms with van der Waals surface area (Å²) >= 11 is 0. The Hall–Kier alpha value is -1.35. The maximum Gasteiger partial charge on any atom is 0.231 e. The zero-order chi connectivity index (χ0) is 11.9. The van der Waals surface area contributed by atoms with E-state index in [9.17, 15) is 4.79 Å². The van der Waals surface area contributed by atoms with Crippen molar-refractivity contribution in [3.05, 3.63) is 29.3 Å². The van der Waals surface area contributed by atoms with Gasteiger partial charge in [0.15, 0.2) is 0 Å². The van der Waals surface area contributed by atoms with E-state index in [1.165, 1.54) is 0 Å². The third kappa shape index (κ3) is 1.61. The molecule has 1 aromatic rings. The first kappa shape index (κ1) is 11.1. The lowest BCUT2D eigenvalue weighted by molar-refractivity contribution is -0.117. The first-order chi connectivity index (χ1) is 7.45. The predicted molar refractivity (Wildman–Crippen MR) is 65.4 cm³/mol. The smallest absolute Gasteiger partial charge is 0.231 e. The van der Waals surface area contributed by atoms with Crippen molar-refractivity contribution in [2.75, 3.05) is 11.9 Å². The monoisotopic (exact) mass is 218 g/mol. The van der Waals surface area contributed by atoms with Crippen LogP contribution < -0.4 is 10.6 Å². The highest BCUT2D eigenvalue weighted by Gasteiger charge is 2.26. The highest BCUT2D eigenvalue weighted by atomic mass is 16.2. The van der Waals surface area contributed by atoms with Crippen molar-refractivity contribution in [1.82, 2.24) is 0 Å². The average Bonchev–Trinajstić information content (AvgIpc) is 2.54. The first-order valence-corrected chi connectivity index (χ1v) is 5.64. The maximum atomic E-state index is 11.6. The summed E-state index contributed by atoms with van der Waals surface area (Å²) in [5, 5.41) is 0. The predicted octanol–water partition coefficient (Wildman–Crippen LogP) is 1.79. The highest BCUT2D eigenvalue weighted by Crippen LogP contribution is 2.31. The third-order valence-electron chi connectivity index (χ3n) is 3.55. The van der Waals surface area contributed by atoms with Crippen LogP contribution in [0.3, 0.4) is 0 Å². The molecule has 1 aliphatic heterocycles. The van der Waals surface area contributed by atoms with Gasteiger partial charge in [-0.15, -0.1) is 0 Å². The topological polar surface area (TPSA) is 46.3 Å². The second-order valence-corrected chi connectivity index (χ2v) is 4.74. The summed E-state index contributed by atoms with van der Waals surface area (Å²) < 4.78 is 0. The zero-order valence-corrected chi connectivity index (χ0v) is 10.1. The molecule has 2 rings (SSSR count). The molecule has 3 nitrogen and oxygen atoms in total. The molecule has 0 bridgehead atoms. The molecule has 1 heterocycles. The van der Waals surface area contributed by atoms with Crippen molar-refractivity contribution in [3.63, 3.8) is 0 Å². The van der Waals surface area contributed by atoms with Crippen LogP contribution >= 0.6 is 0 Å². The van der Waals surface area contributed by atoms with Crippen molar-refractivity contribution in [2.24, 2.45) is 5.73 Å². The summed E-state index contributed by atoms with van der Waals surface area (Å²) in [5.74, 6) is 0.155. The molecule has 86 valence electrons. The number of carbonyl (C=O) groups excluding carboxylic acids is 1. The van der Waals surface area contributed by atoms with Crippen LogP contribution in [0.25, 0.3) is 0 Å². The van der Waals surface area contributed by atoms with Crippen molar-refractivity contribution < 1.29 is 4.79 Å². The van der Waals surface area contributed by atoms with E-state index < -0.39 is 0 Å². The van der Waals surface area contributed by atoms with Crippen LogP contribution in [0, 0.1) is 0 Å². The number of anilines is 1. The van der Waals surface area contributed by atoms with Gasteiger partial charge in [0.1, 0.15) is 0 Å². The Morgan fingerprint density at radius 2 is 2.19 bits per heavy atom. The second-order valence-electron chi connectivity index (χ2n) is 4.74. The van der Waals surface area contributed by atoms with Gasteiger partial charge in [0.05, 0.1) is 6.42 Å². The number of benzene rings is 1. The standard InChI is InChI=1S/C13H18N2O/c1-4-13(2,14)10-5-6-11-9(7-10)8-12(16)15(11)3/h5-7H,4,8,14H2,1-3H3. The molecule has 0 aromatic heterocycles. The molecule has 1 aromatic carbocycles. The fourth-order valence-corrected chi connectivity index (χ4v) is 2.03. The minimum absolute atomic E-state index is 0.155. The number of carbonyl (C=O) groups is 1. The number of rotatable bonds is 2. The van der Waals surface area contributed by atoms with Crippen LogP contribution in [0.5, 0.6) is 0 Å². The van der Waals surface area contributed by atoms with Gasteiger partial charge in [-0.05, 0) is 30.5 Å². The van der Waals surface area contributed by atoms with Crippen LogP contribution in [0.4, 0.5) is 5.69 Å². The van der Waals surface area contributed by atoms with Crippen molar-refractivity contribution in [2.45, 2.75) is 32.2 Å². The molecule has 0 radical (unpaired) electrons. The number of hydrogen-bond donors (Lipinski definition) is 1. The lowest BCUT2D eigenvalue weighted by atomic mass is 9.89. The molecule has 2 N–H and O–H groups in total. The first-order valence-electron chi connectivity index (χ1n) is 5.64. The minimum atomic E-state index is -0.306. The Bertz CT molecular complexity index is 438. The van der Waals surface area contributed by atoms with Gasteiger partial charge in [-0.2, -0.15) is 0 Å². The van der Waals surface area contributed by atoms with Gasteiger partial charge in [-0.3, -0.25) is 4.79 Å². The quantitative estimate of drug-likeness (QED) is 0.822. The Kier molecular flexibility index (Phi) is 2.50. The summed E-state index contributed by atoms with van der Waals surface area (Å²) in [5.41, 5.74) is 9.11. The summed E-state index contributed by atoms with van der Waals surface area (Å²) in [6.07, 6.45) is 1.38. The molecule has 0 spiro atoms. The van der Waals surface area contributed by atoms with E-state index in [0.717, 1.165) is 23.2 Å². The van der Waals surface area contributed by atoms with E-state index in [4.69, 9.17) is 5.73 Å². The average molecular weight is 218 g/mol. The normalized spacial score (nSPS) is 18.5. The van der Waals surface area contributed by atoms with E-state index in [0.29, 0.717) is 6.42 Å². The minimum Gasteiger partial charge on any atom is -0.322 e. The van der Waals surface area contributed by atoms with Crippen LogP contribution in [0.1, 0.15) is 31.4 Å². The van der Waals surface area contributed by atoms with Gasteiger partial charge < -0.3 is 10.6 Å². The number of amides is 1. The highest BCUT2D eigenvalue weighted by molar-refractivity contribution is 6.00. The van der Waals surface area contributed by atoms with E-state index >= 15 is 0 Å². The molecule has 1 aliphatic rings. The molecule has 0 saturated carbocycles. The summed E-state index contributed by atoms with van der Waals surface area (Å²) in [6, 6.07) is 6.09. The Morgan fingerprint density at radius 3 is 2.81 bits per heavy atom. The zero-order valence-electron chi connectivity index (χ0n) is 10.1. The van der Waals surface area contributed by atoms with Crippen molar-refractivity contribution >= 4 is 11.6 Å². The van der Waals surface area contributed by atoms with Gasteiger partial charge in [-0.1, -0.05) is 19.1 Å². The number of likely N-dealkylation sites (N-methyl/N-ethyl adjacent to an activating group) is 1. The Labute approximate surface area is 96.2 Å². The molecular weight excluding hydrogens is 200 g/mol. The SMILES string of the molecule is CCC(C)(N)c1ccc2c(c1)CC(=O)N2C. The fraction of sp³-hybridized carbons (Fsp3) is 0.462. The van der Waals surface area contributed by atoms with E-state index in [1.807, 2.05) is 26.1 Å². The fourth-order valence-electron chi connectivity index (χ4n) is 2.03. The lowest BCUT2D eigenvalue weighted by Gasteiger charge is -2.24. The van der Waals surface area contributed by atoms with E-state index in [-0.39, 0.29) is 11.4 Å². The summed E-state index contributed by atoms with van der Waals surface area (Å²) in [6.45, 7) is 4.10. The van der Waals surface area contributed by atoms with E-state index in [2.05, 4.69) is 13.0 Å². The molecule has 3 heteroatoms. The van der Waals surface area contributed by atoms with Crippen LogP contribution in [0.2, 0.25) is 0 Å². The molecule has 0 saturated heterocycles. The van der Waals surface area contributed by atoms with Gasteiger partial charge in [0, 0.05) is 18.3 Å². The molecule has 0 fully saturated rings. The molecule has 16 heavy (non-hydrogen) atoms. The van der Waals surface area contributed by atoms with Crippen molar-refractivity contribution in [3.8, 4) is 0 Å². The molecular formula is C13H18N2O. The second kappa shape index (κ2) is 3.59. The molecule has 0 aliphatic carbocycles. The van der Waals surface area contributed by atoms with Crippen LogP contribution in [-0.4, -0.2) is 13.0 Å². The number of nitrogens with two attached hydrogens (primary N) is 1. The Balaban J connectivity index is 2.43. The third-order valence-corrected chi connectivity index (χ3v) is 3.55. The van der Waals surface area contributed by atoms with E-state index in [1.54, 1.807) is 4.90 Å². The van der Waals surface area contributed by atoms with Gasteiger partial charge in [-0.25, -0.2) is 0 Å². The van der Waals surface area contributed by atoms with Gasteiger partial charge in [0.2, 0.25) is 5.91 Å². The number of hydrogen-bond acceptors (Lipinski definition) is 2. The number of nitrogens with zero attached hydrogens (tertiary/aromatic N) is 1. The van der Waals surface area contributed by atoms with Gasteiger partial charge >= 0.3 is 0 Å². The van der Waals surface area contributed by atoms with Crippen LogP contribution in [0.15, 0.2) is 18.2 Å². The van der Waals surface area contributed by atoms with Gasteiger partial charge in [0.25, 0.3) is 0 Å². The molecule has 1 unspecified atom stereocenters.